The van der Waals surface area contributed by atoms with Gasteiger partial charge in [-0.25, -0.2) is 0 Å². The second-order valence-corrected chi connectivity index (χ2v) is 6.45. The van der Waals surface area contributed by atoms with Crippen LogP contribution in [0.1, 0.15) is 34.6 Å². The zero-order valence-electron chi connectivity index (χ0n) is 15.6. The summed E-state index contributed by atoms with van der Waals surface area (Å²) in [6.45, 7) is 2.57. The topological polar surface area (TPSA) is 51.5 Å². The first-order chi connectivity index (χ1) is 13.8. The fourth-order valence-electron chi connectivity index (χ4n) is 3.38. The molecule has 1 unspecified atom stereocenters. The van der Waals surface area contributed by atoms with Gasteiger partial charge in [0.2, 0.25) is 0 Å². The van der Waals surface area contributed by atoms with Gasteiger partial charge in [0.05, 0.1) is 18.9 Å². The van der Waals surface area contributed by atoms with Crippen LogP contribution >= 0.6 is 0 Å². The molecule has 3 aromatic carbocycles. The third-order valence-corrected chi connectivity index (χ3v) is 4.68. The molecule has 1 N–H and O–H groups in total. The standard InChI is InChI=1S/C24H21NO3/c1-2-27-19-14-12-18(13-15-19)23(25-24(26)22-11-6-16-28-22)21-10-5-8-17-7-3-4-9-20(17)21/h3-16,23H,2H2,1H3,(H,25,26). The van der Waals surface area contributed by atoms with E-state index in [0.29, 0.717) is 6.61 Å². The Balaban J connectivity index is 1.77. The van der Waals surface area contributed by atoms with Gasteiger partial charge in [-0.2, -0.15) is 0 Å². The molecule has 0 spiro atoms. The van der Waals surface area contributed by atoms with Gasteiger partial charge in [0.1, 0.15) is 5.75 Å². The van der Waals surface area contributed by atoms with E-state index in [1.54, 1.807) is 12.1 Å². The number of hydrogen-bond acceptors (Lipinski definition) is 3. The van der Waals surface area contributed by atoms with Crippen LogP contribution in [-0.4, -0.2) is 12.5 Å². The van der Waals surface area contributed by atoms with E-state index in [9.17, 15) is 4.79 Å². The Bertz CT molecular complexity index is 1060. The summed E-state index contributed by atoms with van der Waals surface area (Å²) >= 11 is 0. The average Bonchev–Trinajstić information content (AvgIpc) is 3.28. The number of nitrogens with one attached hydrogen (secondary N) is 1. The largest absolute Gasteiger partial charge is 0.494 e. The molecular weight excluding hydrogens is 350 g/mol. The minimum Gasteiger partial charge on any atom is -0.494 e. The van der Waals surface area contributed by atoms with E-state index in [-0.39, 0.29) is 17.7 Å². The second-order valence-electron chi connectivity index (χ2n) is 6.45. The lowest BCUT2D eigenvalue weighted by molar-refractivity contribution is 0.0915. The predicted molar refractivity (Wildman–Crippen MR) is 110 cm³/mol. The number of hydrogen-bond donors (Lipinski definition) is 1. The van der Waals surface area contributed by atoms with Gasteiger partial charge in [-0.15, -0.1) is 0 Å². The molecule has 0 saturated carbocycles. The summed E-state index contributed by atoms with van der Waals surface area (Å²) in [6.07, 6.45) is 1.50. The number of rotatable bonds is 6. The lowest BCUT2D eigenvalue weighted by Gasteiger charge is -2.21. The second kappa shape index (κ2) is 8.01. The smallest absolute Gasteiger partial charge is 0.287 e. The van der Waals surface area contributed by atoms with Crippen LogP contribution in [0.4, 0.5) is 0 Å². The Kier molecular flexibility index (Phi) is 5.11. The monoisotopic (exact) mass is 371 g/mol. The summed E-state index contributed by atoms with van der Waals surface area (Å²) in [5.41, 5.74) is 2.00. The van der Waals surface area contributed by atoms with Crippen LogP contribution in [0, 0.1) is 0 Å². The van der Waals surface area contributed by atoms with E-state index in [4.69, 9.17) is 9.15 Å². The Morgan fingerprint density at radius 1 is 0.964 bits per heavy atom. The summed E-state index contributed by atoms with van der Waals surface area (Å²) in [5, 5.41) is 5.35. The van der Waals surface area contributed by atoms with Crippen molar-refractivity contribution in [2.75, 3.05) is 6.61 Å². The highest BCUT2D eigenvalue weighted by atomic mass is 16.5. The van der Waals surface area contributed by atoms with Crippen molar-refractivity contribution in [3.05, 3.63) is 102 Å². The number of benzene rings is 3. The quantitative estimate of drug-likeness (QED) is 0.497. The lowest BCUT2D eigenvalue weighted by Crippen LogP contribution is -2.29. The van der Waals surface area contributed by atoms with E-state index in [1.807, 2.05) is 55.5 Å². The van der Waals surface area contributed by atoms with E-state index >= 15 is 0 Å². The molecule has 0 aliphatic rings. The summed E-state index contributed by atoms with van der Waals surface area (Å²) < 4.78 is 10.8. The molecular formula is C24H21NO3. The minimum atomic E-state index is -0.320. The minimum absolute atomic E-state index is 0.253. The molecule has 0 aliphatic heterocycles. The molecule has 0 radical (unpaired) electrons. The highest BCUT2D eigenvalue weighted by Crippen LogP contribution is 2.30. The molecule has 4 nitrogen and oxygen atoms in total. The van der Waals surface area contributed by atoms with Crippen LogP contribution in [-0.2, 0) is 0 Å². The van der Waals surface area contributed by atoms with Gasteiger partial charge >= 0.3 is 0 Å². The SMILES string of the molecule is CCOc1ccc(C(NC(=O)c2ccco2)c2cccc3ccccc23)cc1. The first-order valence-electron chi connectivity index (χ1n) is 9.31. The summed E-state index contributed by atoms with van der Waals surface area (Å²) in [7, 11) is 0. The van der Waals surface area contributed by atoms with Crippen molar-refractivity contribution >= 4 is 16.7 Å². The zero-order valence-corrected chi connectivity index (χ0v) is 15.6. The van der Waals surface area contributed by atoms with Gasteiger partial charge in [0.15, 0.2) is 5.76 Å². The normalized spacial score (nSPS) is 11.9. The molecule has 1 amide bonds. The highest BCUT2D eigenvalue weighted by molar-refractivity contribution is 5.93. The maximum Gasteiger partial charge on any atom is 0.287 e. The van der Waals surface area contributed by atoms with Gasteiger partial charge in [-0.05, 0) is 53.1 Å². The number of fused-ring (bicyclic) bond motifs is 1. The van der Waals surface area contributed by atoms with Gasteiger partial charge < -0.3 is 14.5 Å². The van der Waals surface area contributed by atoms with Crippen molar-refractivity contribution in [3.63, 3.8) is 0 Å². The lowest BCUT2D eigenvalue weighted by atomic mass is 9.93. The van der Waals surface area contributed by atoms with Crippen LogP contribution < -0.4 is 10.1 Å². The molecule has 4 aromatic rings. The maximum absolute atomic E-state index is 12.7. The van der Waals surface area contributed by atoms with Gasteiger partial charge in [-0.3, -0.25) is 4.79 Å². The average molecular weight is 371 g/mol. The first kappa shape index (κ1) is 17.9. The molecule has 0 saturated heterocycles. The Morgan fingerprint density at radius 3 is 2.50 bits per heavy atom. The molecule has 140 valence electrons. The van der Waals surface area contributed by atoms with Crippen LogP contribution in [0.5, 0.6) is 5.75 Å². The Hall–Kier alpha value is -3.53. The number of carbonyl (C=O) groups is 1. The predicted octanol–water partition coefficient (Wildman–Crippen LogP) is 5.35. The molecule has 1 atom stereocenters. The highest BCUT2D eigenvalue weighted by Gasteiger charge is 2.21. The van der Waals surface area contributed by atoms with Crippen LogP contribution in [0.2, 0.25) is 0 Å². The van der Waals surface area contributed by atoms with E-state index in [1.165, 1.54) is 6.26 Å². The summed E-state index contributed by atoms with van der Waals surface area (Å²) in [5.74, 6) is 0.841. The number of ether oxygens (including phenoxy) is 1. The van der Waals surface area contributed by atoms with Crippen LogP contribution in [0.3, 0.4) is 0 Å². The maximum atomic E-state index is 12.7. The number of amides is 1. The molecule has 1 aromatic heterocycles. The Morgan fingerprint density at radius 2 is 1.75 bits per heavy atom. The molecule has 0 aliphatic carbocycles. The molecule has 1 heterocycles. The summed E-state index contributed by atoms with van der Waals surface area (Å²) in [4.78, 5) is 12.7. The van der Waals surface area contributed by atoms with Crippen LogP contribution in [0.25, 0.3) is 10.8 Å². The van der Waals surface area contributed by atoms with Crippen LogP contribution in [0.15, 0.2) is 89.5 Å². The third kappa shape index (κ3) is 3.62. The first-order valence-corrected chi connectivity index (χ1v) is 9.31. The van der Waals surface area contributed by atoms with Gasteiger partial charge in [-0.1, -0.05) is 54.6 Å². The van der Waals surface area contributed by atoms with Gasteiger partial charge in [0, 0.05) is 0 Å². The molecule has 4 heteroatoms. The van der Waals surface area contributed by atoms with E-state index in [2.05, 4.69) is 23.5 Å². The van der Waals surface area contributed by atoms with Crippen molar-refractivity contribution in [1.82, 2.24) is 5.32 Å². The van der Waals surface area contributed by atoms with Gasteiger partial charge in [0.25, 0.3) is 5.91 Å². The molecule has 28 heavy (non-hydrogen) atoms. The molecule has 4 rings (SSSR count). The number of carbonyl (C=O) groups excluding carboxylic acids is 1. The van der Waals surface area contributed by atoms with Crippen molar-refractivity contribution in [2.24, 2.45) is 0 Å². The van der Waals surface area contributed by atoms with Crippen molar-refractivity contribution in [1.29, 1.82) is 0 Å². The Labute approximate surface area is 163 Å². The number of furan rings is 1. The van der Waals surface area contributed by atoms with E-state index < -0.39 is 0 Å². The van der Waals surface area contributed by atoms with Crippen molar-refractivity contribution in [2.45, 2.75) is 13.0 Å². The van der Waals surface area contributed by atoms with Crippen molar-refractivity contribution in [3.8, 4) is 5.75 Å². The fraction of sp³-hybridized carbons (Fsp3) is 0.125. The van der Waals surface area contributed by atoms with E-state index in [0.717, 1.165) is 27.6 Å². The summed E-state index contributed by atoms with van der Waals surface area (Å²) in [6, 6.07) is 25.2. The molecule has 0 bridgehead atoms. The third-order valence-electron chi connectivity index (χ3n) is 4.68. The van der Waals surface area contributed by atoms with Crippen molar-refractivity contribution < 1.29 is 13.9 Å². The molecule has 0 fully saturated rings. The fourth-order valence-corrected chi connectivity index (χ4v) is 3.38. The zero-order chi connectivity index (χ0) is 19.3.